The molecule has 0 saturated heterocycles. The highest BCUT2D eigenvalue weighted by Gasteiger charge is 2.28. The van der Waals surface area contributed by atoms with Crippen LogP contribution in [0.3, 0.4) is 0 Å². The molecule has 0 fully saturated rings. The summed E-state index contributed by atoms with van der Waals surface area (Å²) >= 11 is 0. The standard InChI is InChI=1S/C9H12O.C7H13NO3/c1-7-4-5-9(10-3)8(2)6-7;1-5(9)8-7(2,3)6(10)11-4/h4-6H,1-3H3;1-4H3,(H,8,9). The SMILES string of the molecule is COC(=O)C(C)(C)NC(C)=O.COc1ccc(C)cc1C. The van der Waals surface area contributed by atoms with Gasteiger partial charge in [0.1, 0.15) is 11.3 Å². The number of esters is 1. The maximum Gasteiger partial charge on any atom is 0.330 e. The van der Waals surface area contributed by atoms with Gasteiger partial charge in [0, 0.05) is 6.92 Å². The number of ether oxygens (including phenoxy) is 2. The molecular weight excluding hydrogens is 270 g/mol. The van der Waals surface area contributed by atoms with Gasteiger partial charge in [0.05, 0.1) is 14.2 Å². The molecule has 0 spiro atoms. The van der Waals surface area contributed by atoms with E-state index < -0.39 is 11.5 Å². The molecule has 0 aliphatic rings. The molecule has 0 aromatic heterocycles. The molecule has 0 heterocycles. The van der Waals surface area contributed by atoms with E-state index in [1.54, 1.807) is 21.0 Å². The first-order valence-corrected chi connectivity index (χ1v) is 6.62. The van der Waals surface area contributed by atoms with Crippen molar-refractivity contribution < 1.29 is 19.1 Å². The Labute approximate surface area is 126 Å². The molecule has 1 aromatic carbocycles. The number of hydrogen-bond acceptors (Lipinski definition) is 4. The third kappa shape index (κ3) is 6.79. The zero-order chi connectivity index (χ0) is 16.6. The molecule has 21 heavy (non-hydrogen) atoms. The molecule has 0 saturated carbocycles. The van der Waals surface area contributed by atoms with Crippen LogP contribution in [0, 0.1) is 13.8 Å². The molecule has 1 aromatic rings. The van der Waals surface area contributed by atoms with E-state index in [0.717, 1.165) is 5.75 Å². The predicted molar refractivity (Wildman–Crippen MR) is 82.4 cm³/mol. The highest BCUT2D eigenvalue weighted by Crippen LogP contribution is 2.17. The molecule has 0 aliphatic carbocycles. The van der Waals surface area contributed by atoms with Crippen LogP contribution >= 0.6 is 0 Å². The molecular formula is C16H25NO4. The van der Waals surface area contributed by atoms with E-state index in [1.165, 1.54) is 25.2 Å². The summed E-state index contributed by atoms with van der Waals surface area (Å²) in [6.07, 6.45) is 0. The Bertz CT molecular complexity index is 495. The molecule has 5 nitrogen and oxygen atoms in total. The second kappa shape index (κ2) is 8.29. The summed E-state index contributed by atoms with van der Waals surface area (Å²) in [7, 11) is 2.98. The second-order valence-corrected chi connectivity index (χ2v) is 5.27. The van der Waals surface area contributed by atoms with Crippen LogP contribution in [-0.2, 0) is 14.3 Å². The summed E-state index contributed by atoms with van der Waals surface area (Å²) in [5.41, 5.74) is 1.54. The number of nitrogens with one attached hydrogen (secondary N) is 1. The van der Waals surface area contributed by atoms with E-state index in [4.69, 9.17) is 4.74 Å². The lowest BCUT2D eigenvalue weighted by molar-refractivity contribution is -0.149. The van der Waals surface area contributed by atoms with Gasteiger partial charge in [0.15, 0.2) is 0 Å². The van der Waals surface area contributed by atoms with Gasteiger partial charge in [0.25, 0.3) is 0 Å². The van der Waals surface area contributed by atoms with Crippen molar-refractivity contribution in [3.63, 3.8) is 0 Å². The number of methoxy groups -OCH3 is 2. The summed E-state index contributed by atoms with van der Waals surface area (Å²) in [4.78, 5) is 21.5. The topological polar surface area (TPSA) is 64.6 Å². The summed E-state index contributed by atoms with van der Waals surface area (Å²) in [5.74, 6) is 0.263. The Balaban J connectivity index is 0.000000382. The minimum atomic E-state index is -0.930. The summed E-state index contributed by atoms with van der Waals surface area (Å²) in [6.45, 7) is 8.64. The van der Waals surface area contributed by atoms with Crippen LogP contribution in [-0.4, -0.2) is 31.6 Å². The van der Waals surface area contributed by atoms with E-state index in [0.29, 0.717) is 0 Å². The average molecular weight is 295 g/mol. The number of rotatable bonds is 3. The lowest BCUT2D eigenvalue weighted by atomic mass is 10.1. The largest absolute Gasteiger partial charge is 0.496 e. The van der Waals surface area contributed by atoms with Crippen molar-refractivity contribution in [1.29, 1.82) is 0 Å². The van der Waals surface area contributed by atoms with Gasteiger partial charge in [-0.3, -0.25) is 4.79 Å². The summed E-state index contributed by atoms with van der Waals surface area (Å²) in [5, 5.41) is 2.46. The minimum absolute atomic E-state index is 0.250. The Morgan fingerprint density at radius 1 is 1.14 bits per heavy atom. The first-order chi connectivity index (χ1) is 9.63. The van der Waals surface area contributed by atoms with Crippen molar-refractivity contribution in [3.8, 4) is 5.75 Å². The fourth-order valence-electron chi connectivity index (χ4n) is 1.77. The zero-order valence-corrected chi connectivity index (χ0v) is 13.9. The van der Waals surface area contributed by atoms with Gasteiger partial charge in [-0.15, -0.1) is 0 Å². The molecule has 0 radical (unpaired) electrons. The van der Waals surface area contributed by atoms with Crippen molar-refractivity contribution in [2.45, 2.75) is 40.2 Å². The lowest BCUT2D eigenvalue weighted by Crippen LogP contribution is -2.49. The number of amides is 1. The van der Waals surface area contributed by atoms with Gasteiger partial charge in [-0.25, -0.2) is 4.79 Å². The fourth-order valence-corrected chi connectivity index (χ4v) is 1.77. The van der Waals surface area contributed by atoms with Crippen LogP contribution in [0.1, 0.15) is 31.9 Å². The number of aryl methyl sites for hydroxylation is 2. The van der Waals surface area contributed by atoms with Crippen LogP contribution in [0.25, 0.3) is 0 Å². The highest BCUT2D eigenvalue weighted by molar-refractivity contribution is 5.86. The van der Waals surface area contributed by atoms with Gasteiger partial charge in [-0.05, 0) is 39.3 Å². The Kier molecular flexibility index (Phi) is 7.49. The van der Waals surface area contributed by atoms with Gasteiger partial charge >= 0.3 is 5.97 Å². The van der Waals surface area contributed by atoms with E-state index in [9.17, 15) is 9.59 Å². The van der Waals surface area contributed by atoms with E-state index in [1.807, 2.05) is 19.1 Å². The van der Waals surface area contributed by atoms with Crippen LogP contribution in [0.4, 0.5) is 0 Å². The Morgan fingerprint density at radius 3 is 2.10 bits per heavy atom. The Hall–Kier alpha value is -2.04. The third-order valence-electron chi connectivity index (χ3n) is 2.73. The smallest absolute Gasteiger partial charge is 0.330 e. The minimum Gasteiger partial charge on any atom is -0.496 e. The maximum atomic E-state index is 10.9. The van der Waals surface area contributed by atoms with Crippen molar-refractivity contribution in [3.05, 3.63) is 29.3 Å². The molecule has 0 atom stereocenters. The predicted octanol–water partition coefficient (Wildman–Crippen LogP) is 2.39. The quantitative estimate of drug-likeness (QED) is 0.870. The molecule has 0 unspecified atom stereocenters. The Morgan fingerprint density at radius 2 is 1.71 bits per heavy atom. The van der Waals surface area contributed by atoms with Crippen molar-refractivity contribution in [2.24, 2.45) is 0 Å². The molecule has 1 amide bonds. The van der Waals surface area contributed by atoms with Gasteiger partial charge in [0.2, 0.25) is 5.91 Å². The molecule has 5 heteroatoms. The maximum absolute atomic E-state index is 10.9. The van der Waals surface area contributed by atoms with Gasteiger partial charge < -0.3 is 14.8 Å². The molecule has 118 valence electrons. The van der Waals surface area contributed by atoms with E-state index in [2.05, 4.69) is 23.0 Å². The van der Waals surface area contributed by atoms with Crippen LogP contribution in [0.5, 0.6) is 5.75 Å². The monoisotopic (exact) mass is 295 g/mol. The molecule has 0 bridgehead atoms. The first-order valence-electron chi connectivity index (χ1n) is 6.62. The second-order valence-electron chi connectivity index (χ2n) is 5.27. The van der Waals surface area contributed by atoms with Gasteiger partial charge in [-0.1, -0.05) is 17.7 Å². The van der Waals surface area contributed by atoms with Crippen molar-refractivity contribution in [1.82, 2.24) is 5.32 Å². The summed E-state index contributed by atoms with van der Waals surface area (Å²) < 4.78 is 9.56. The zero-order valence-electron chi connectivity index (χ0n) is 13.9. The lowest BCUT2D eigenvalue weighted by Gasteiger charge is -2.21. The normalized spacial score (nSPS) is 10.0. The average Bonchev–Trinajstić information content (AvgIpc) is 2.37. The third-order valence-corrected chi connectivity index (χ3v) is 2.73. The number of carbonyl (C=O) groups excluding carboxylic acids is 2. The van der Waals surface area contributed by atoms with Crippen LogP contribution < -0.4 is 10.1 Å². The van der Waals surface area contributed by atoms with E-state index in [-0.39, 0.29) is 5.91 Å². The summed E-state index contributed by atoms with van der Waals surface area (Å²) in [6, 6.07) is 6.15. The van der Waals surface area contributed by atoms with Gasteiger partial charge in [-0.2, -0.15) is 0 Å². The van der Waals surface area contributed by atoms with Crippen molar-refractivity contribution >= 4 is 11.9 Å². The number of hydrogen-bond donors (Lipinski definition) is 1. The fraction of sp³-hybridized carbons (Fsp3) is 0.500. The number of benzene rings is 1. The van der Waals surface area contributed by atoms with E-state index >= 15 is 0 Å². The molecule has 1 N–H and O–H groups in total. The van der Waals surface area contributed by atoms with Crippen LogP contribution in [0.15, 0.2) is 18.2 Å². The number of carbonyl (C=O) groups is 2. The molecule has 0 aliphatic heterocycles. The first kappa shape index (κ1) is 19.0. The van der Waals surface area contributed by atoms with Crippen molar-refractivity contribution in [2.75, 3.05) is 14.2 Å². The van der Waals surface area contributed by atoms with Crippen LogP contribution in [0.2, 0.25) is 0 Å². The highest BCUT2D eigenvalue weighted by atomic mass is 16.5. The molecule has 1 rings (SSSR count).